The van der Waals surface area contributed by atoms with Crippen LogP contribution in [0.1, 0.15) is 10.4 Å². The van der Waals surface area contributed by atoms with Gasteiger partial charge < -0.3 is 5.73 Å². The summed E-state index contributed by atoms with van der Waals surface area (Å²) in [7, 11) is 0. The lowest BCUT2D eigenvalue weighted by molar-refractivity contribution is 0.105. The number of ketones is 1. The van der Waals surface area contributed by atoms with Gasteiger partial charge in [0.15, 0.2) is 0 Å². The van der Waals surface area contributed by atoms with Crippen molar-refractivity contribution >= 4 is 23.1 Å². The SMILES string of the molecule is C#CC(=O)c1cc(N)cc(Cl)c1. The quantitative estimate of drug-likeness (QED) is 0.309. The maximum Gasteiger partial charge on any atom is 0.235 e. The molecule has 0 heterocycles. The number of nitrogen functional groups attached to an aromatic ring is 1. The largest absolute Gasteiger partial charge is 0.399 e. The summed E-state index contributed by atoms with van der Waals surface area (Å²) < 4.78 is 0. The molecule has 1 rings (SSSR count). The molecule has 3 heteroatoms. The summed E-state index contributed by atoms with van der Waals surface area (Å²) >= 11 is 5.65. The van der Waals surface area contributed by atoms with Crippen molar-refractivity contribution in [1.82, 2.24) is 0 Å². The first kappa shape index (κ1) is 8.63. The second-order valence-electron chi connectivity index (χ2n) is 2.25. The van der Waals surface area contributed by atoms with Gasteiger partial charge in [-0.2, -0.15) is 0 Å². The van der Waals surface area contributed by atoms with E-state index in [1.807, 2.05) is 5.92 Å². The molecule has 0 saturated carbocycles. The van der Waals surface area contributed by atoms with E-state index in [0.717, 1.165) is 0 Å². The predicted molar refractivity (Wildman–Crippen MR) is 49.0 cm³/mol. The lowest BCUT2D eigenvalue weighted by Crippen LogP contribution is -1.96. The first-order valence-electron chi connectivity index (χ1n) is 3.20. The summed E-state index contributed by atoms with van der Waals surface area (Å²) in [5.74, 6) is 1.57. The number of anilines is 1. The number of rotatable bonds is 1. The minimum Gasteiger partial charge on any atom is -0.399 e. The Labute approximate surface area is 75.3 Å². The van der Waals surface area contributed by atoms with Crippen LogP contribution < -0.4 is 5.73 Å². The number of Topliss-reactive ketones (excluding diaryl/α,β-unsaturated/α-hetero) is 1. The van der Waals surface area contributed by atoms with E-state index in [1.54, 1.807) is 6.07 Å². The zero-order valence-electron chi connectivity index (χ0n) is 6.17. The molecule has 0 amide bonds. The van der Waals surface area contributed by atoms with Gasteiger partial charge in [0.1, 0.15) is 0 Å². The third-order valence-corrected chi connectivity index (χ3v) is 1.53. The van der Waals surface area contributed by atoms with Crippen LogP contribution >= 0.6 is 11.6 Å². The highest BCUT2D eigenvalue weighted by atomic mass is 35.5. The third kappa shape index (κ3) is 1.77. The molecular weight excluding hydrogens is 174 g/mol. The number of carbonyl (C=O) groups is 1. The highest BCUT2D eigenvalue weighted by Gasteiger charge is 2.03. The number of hydrogen-bond donors (Lipinski definition) is 1. The minimum atomic E-state index is -0.413. The monoisotopic (exact) mass is 179 g/mol. The lowest BCUT2D eigenvalue weighted by atomic mass is 10.1. The molecule has 0 aliphatic carbocycles. The zero-order chi connectivity index (χ0) is 9.14. The average Bonchev–Trinajstić information content (AvgIpc) is 2.01. The molecule has 0 fully saturated rings. The molecule has 0 spiro atoms. The maximum atomic E-state index is 11.0. The molecule has 0 aliphatic rings. The Kier molecular flexibility index (Phi) is 2.37. The van der Waals surface area contributed by atoms with Gasteiger partial charge in [0.05, 0.1) is 0 Å². The van der Waals surface area contributed by atoms with Gasteiger partial charge >= 0.3 is 0 Å². The van der Waals surface area contributed by atoms with Crippen LogP contribution in [-0.2, 0) is 0 Å². The second kappa shape index (κ2) is 3.29. The van der Waals surface area contributed by atoms with Crippen LogP contribution in [0.3, 0.4) is 0 Å². The third-order valence-electron chi connectivity index (χ3n) is 1.31. The Bertz CT molecular complexity index is 345. The number of halogens is 1. The molecule has 0 aromatic heterocycles. The van der Waals surface area contributed by atoms with Crippen molar-refractivity contribution < 1.29 is 4.79 Å². The first-order chi connectivity index (χ1) is 5.63. The Morgan fingerprint density at radius 2 is 2.17 bits per heavy atom. The fourth-order valence-electron chi connectivity index (χ4n) is 0.827. The predicted octanol–water partition coefficient (Wildman–Crippen LogP) is 1.74. The van der Waals surface area contributed by atoms with E-state index in [2.05, 4.69) is 0 Å². The summed E-state index contributed by atoms with van der Waals surface area (Å²) in [5, 5.41) is 0.411. The fraction of sp³-hybridized carbons (Fsp3) is 0. The number of hydrogen-bond acceptors (Lipinski definition) is 2. The molecule has 1 aromatic rings. The molecule has 12 heavy (non-hydrogen) atoms. The Morgan fingerprint density at radius 1 is 1.50 bits per heavy atom. The zero-order valence-corrected chi connectivity index (χ0v) is 6.93. The van der Waals surface area contributed by atoms with Gasteiger partial charge in [-0.05, 0) is 24.1 Å². The second-order valence-corrected chi connectivity index (χ2v) is 2.68. The van der Waals surface area contributed by atoms with E-state index in [-0.39, 0.29) is 0 Å². The summed E-state index contributed by atoms with van der Waals surface area (Å²) in [6.45, 7) is 0. The summed E-state index contributed by atoms with van der Waals surface area (Å²) in [6.07, 6.45) is 4.92. The lowest BCUT2D eigenvalue weighted by Gasteiger charge is -1.97. The van der Waals surface area contributed by atoms with Crippen molar-refractivity contribution in [1.29, 1.82) is 0 Å². The Hall–Kier alpha value is -1.46. The van der Waals surface area contributed by atoms with Gasteiger partial charge in [-0.25, -0.2) is 0 Å². The first-order valence-corrected chi connectivity index (χ1v) is 3.58. The van der Waals surface area contributed by atoms with Crippen LogP contribution in [0.25, 0.3) is 0 Å². The van der Waals surface area contributed by atoms with Crippen molar-refractivity contribution in [3.05, 3.63) is 28.8 Å². The smallest absolute Gasteiger partial charge is 0.235 e. The van der Waals surface area contributed by atoms with Crippen molar-refractivity contribution in [3.8, 4) is 12.3 Å². The van der Waals surface area contributed by atoms with Crippen molar-refractivity contribution in [2.24, 2.45) is 0 Å². The molecule has 60 valence electrons. The van der Waals surface area contributed by atoms with Crippen LogP contribution in [0.5, 0.6) is 0 Å². The van der Waals surface area contributed by atoms with E-state index in [0.29, 0.717) is 16.3 Å². The molecular formula is C9H6ClNO. The molecule has 2 N–H and O–H groups in total. The molecule has 0 unspecified atom stereocenters. The molecule has 2 nitrogen and oxygen atoms in total. The van der Waals surface area contributed by atoms with Crippen LogP contribution in [-0.4, -0.2) is 5.78 Å². The number of nitrogens with two attached hydrogens (primary N) is 1. The van der Waals surface area contributed by atoms with E-state index in [1.165, 1.54) is 12.1 Å². The molecule has 0 saturated heterocycles. The van der Waals surface area contributed by atoms with E-state index in [4.69, 9.17) is 23.8 Å². The van der Waals surface area contributed by atoms with Gasteiger partial charge in [-0.15, -0.1) is 6.42 Å². The van der Waals surface area contributed by atoms with E-state index in [9.17, 15) is 4.79 Å². The van der Waals surface area contributed by atoms with Crippen molar-refractivity contribution in [2.45, 2.75) is 0 Å². The van der Waals surface area contributed by atoms with Crippen molar-refractivity contribution in [2.75, 3.05) is 5.73 Å². The summed E-state index contributed by atoms with van der Waals surface area (Å²) in [4.78, 5) is 11.0. The molecule has 0 bridgehead atoms. The normalized spacial score (nSPS) is 9.00. The molecule has 1 aromatic carbocycles. The molecule has 0 radical (unpaired) electrons. The average molecular weight is 180 g/mol. The van der Waals surface area contributed by atoms with Gasteiger partial charge in [-0.3, -0.25) is 4.79 Å². The van der Waals surface area contributed by atoms with E-state index < -0.39 is 5.78 Å². The van der Waals surface area contributed by atoms with Gasteiger partial charge in [-0.1, -0.05) is 11.6 Å². The Morgan fingerprint density at radius 3 is 2.67 bits per heavy atom. The number of terminal acetylenes is 1. The van der Waals surface area contributed by atoms with Crippen LogP contribution in [0.2, 0.25) is 5.02 Å². The standard InChI is InChI=1S/C9H6ClNO/c1-2-9(12)6-3-7(10)5-8(11)4-6/h1,3-5H,11H2. The van der Waals surface area contributed by atoms with Crippen molar-refractivity contribution in [3.63, 3.8) is 0 Å². The topological polar surface area (TPSA) is 43.1 Å². The van der Waals surface area contributed by atoms with E-state index >= 15 is 0 Å². The van der Waals surface area contributed by atoms with Gasteiger partial charge in [0.2, 0.25) is 5.78 Å². The van der Waals surface area contributed by atoms with Gasteiger partial charge in [0, 0.05) is 16.3 Å². The highest BCUT2D eigenvalue weighted by molar-refractivity contribution is 6.31. The number of benzene rings is 1. The Balaban J connectivity index is 3.19. The van der Waals surface area contributed by atoms with Crippen LogP contribution in [0.15, 0.2) is 18.2 Å². The van der Waals surface area contributed by atoms with Gasteiger partial charge in [0.25, 0.3) is 0 Å². The molecule has 0 aliphatic heterocycles. The summed E-state index contributed by atoms with van der Waals surface area (Å²) in [5.41, 5.74) is 6.23. The molecule has 0 atom stereocenters. The summed E-state index contributed by atoms with van der Waals surface area (Å²) in [6, 6.07) is 4.53. The fourth-order valence-corrected chi connectivity index (χ4v) is 1.07. The minimum absolute atomic E-state index is 0.350. The number of carbonyl (C=O) groups excluding carboxylic acids is 1. The highest BCUT2D eigenvalue weighted by Crippen LogP contribution is 2.16. The van der Waals surface area contributed by atoms with Crippen LogP contribution in [0, 0.1) is 12.3 Å². The maximum absolute atomic E-state index is 11.0. The van der Waals surface area contributed by atoms with Crippen LogP contribution in [0.4, 0.5) is 5.69 Å².